The normalized spacial score (nSPS) is 12.0. The zero-order valence-corrected chi connectivity index (χ0v) is 13.4. The van der Waals surface area contributed by atoms with E-state index < -0.39 is 0 Å². The summed E-state index contributed by atoms with van der Waals surface area (Å²) in [5.41, 5.74) is 5.04. The molecule has 2 aromatic carbocycles. The molecule has 112 valence electrons. The molecule has 2 aromatic rings. The third-order valence-corrected chi connectivity index (χ3v) is 3.77. The highest BCUT2D eigenvalue weighted by Crippen LogP contribution is 2.20. The SMILES string of the molecule is CCC(CNc1c(C)cccc1C)Oc1ccc(C)cc1. The molecule has 1 N–H and O–H groups in total. The Morgan fingerprint density at radius 3 is 2.14 bits per heavy atom. The van der Waals surface area contributed by atoms with Crippen LogP contribution in [-0.4, -0.2) is 12.6 Å². The van der Waals surface area contributed by atoms with Crippen LogP contribution in [0, 0.1) is 20.8 Å². The molecule has 0 heterocycles. The molecule has 0 radical (unpaired) electrons. The summed E-state index contributed by atoms with van der Waals surface area (Å²) in [6.07, 6.45) is 1.15. The van der Waals surface area contributed by atoms with Crippen molar-refractivity contribution >= 4 is 5.69 Å². The topological polar surface area (TPSA) is 21.3 Å². The van der Waals surface area contributed by atoms with Gasteiger partial charge in [-0.25, -0.2) is 0 Å². The van der Waals surface area contributed by atoms with Crippen molar-refractivity contribution in [2.24, 2.45) is 0 Å². The number of aryl methyl sites for hydroxylation is 3. The van der Waals surface area contributed by atoms with Crippen LogP contribution in [0.3, 0.4) is 0 Å². The largest absolute Gasteiger partial charge is 0.489 e. The second kappa shape index (κ2) is 7.16. The van der Waals surface area contributed by atoms with E-state index in [9.17, 15) is 0 Å². The highest BCUT2D eigenvalue weighted by atomic mass is 16.5. The molecular weight excluding hydrogens is 258 g/mol. The van der Waals surface area contributed by atoms with E-state index in [1.165, 1.54) is 22.4 Å². The van der Waals surface area contributed by atoms with Gasteiger partial charge in [-0.15, -0.1) is 0 Å². The Kier molecular flexibility index (Phi) is 5.26. The Labute approximate surface area is 128 Å². The lowest BCUT2D eigenvalue weighted by molar-refractivity contribution is 0.210. The van der Waals surface area contributed by atoms with Crippen molar-refractivity contribution in [2.45, 2.75) is 40.2 Å². The molecular formula is C19H25NO. The Bertz CT molecular complexity index is 554. The average molecular weight is 283 g/mol. The molecule has 0 saturated carbocycles. The molecule has 1 atom stereocenters. The highest BCUT2D eigenvalue weighted by Gasteiger charge is 2.09. The predicted molar refractivity (Wildman–Crippen MR) is 90.3 cm³/mol. The maximum atomic E-state index is 6.06. The number of benzene rings is 2. The van der Waals surface area contributed by atoms with Crippen molar-refractivity contribution < 1.29 is 4.74 Å². The summed E-state index contributed by atoms with van der Waals surface area (Å²) < 4.78 is 6.06. The minimum absolute atomic E-state index is 0.173. The molecule has 0 fully saturated rings. The fourth-order valence-electron chi connectivity index (χ4n) is 2.39. The van der Waals surface area contributed by atoms with Gasteiger partial charge in [0.15, 0.2) is 0 Å². The van der Waals surface area contributed by atoms with Gasteiger partial charge in [0.25, 0.3) is 0 Å². The van der Waals surface area contributed by atoms with Crippen molar-refractivity contribution in [3.8, 4) is 5.75 Å². The van der Waals surface area contributed by atoms with Crippen molar-refractivity contribution in [1.82, 2.24) is 0 Å². The summed E-state index contributed by atoms with van der Waals surface area (Å²) in [6.45, 7) is 9.33. The first-order valence-electron chi connectivity index (χ1n) is 7.63. The molecule has 2 rings (SSSR count). The van der Waals surface area contributed by atoms with E-state index in [0.29, 0.717) is 0 Å². The van der Waals surface area contributed by atoms with E-state index in [0.717, 1.165) is 18.7 Å². The maximum Gasteiger partial charge on any atom is 0.119 e. The minimum atomic E-state index is 0.173. The summed E-state index contributed by atoms with van der Waals surface area (Å²) in [5.74, 6) is 0.941. The average Bonchev–Trinajstić information content (AvgIpc) is 2.47. The molecule has 1 unspecified atom stereocenters. The monoisotopic (exact) mass is 283 g/mol. The van der Waals surface area contributed by atoms with Crippen LogP contribution in [0.25, 0.3) is 0 Å². The molecule has 0 aliphatic heterocycles. The number of rotatable bonds is 6. The minimum Gasteiger partial charge on any atom is -0.489 e. The van der Waals surface area contributed by atoms with Crippen LogP contribution in [0.1, 0.15) is 30.0 Å². The molecule has 0 amide bonds. The number of anilines is 1. The lowest BCUT2D eigenvalue weighted by atomic mass is 10.1. The molecule has 2 nitrogen and oxygen atoms in total. The van der Waals surface area contributed by atoms with Crippen molar-refractivity contribution in [3.05, 3.63) is 59.2 Å². The van der Waals surface area contributed by atoms with Gasteiger partial charge in [-0.05, 0) is 50.5 Å². The van der Waals surface area contributed by atoms with E-state index in [1.54, 1.807) is 0 Å². The first kappa shape index (κ1) is 15.4. The van der Waals surface area contributed by atoms with Crippen LogP contribution in [-0.2, 0) is 0 Å². The van der Waals surface area contributed by atoms with Gasteiger partial charge in [-0.1, -0.05) is 42.8 Å². The zero-order valence-electron chi connectivity index (χ0n) is 13.4. The van der Waals surface area contributed by atoms with E-state index in [4.69, 9.17) is 4.74 Å². The summed E-state index contributed by atoms with van der Waals surface area (Å²) in [7, 11) is 0. The molecule has 0 aromatic heterocycles. The second-order valence-corrected chi connectivity index (χ2v) is 5.61. The smallest absolute Gasteiger partial charge is 0.119 e. The number of hydrogen-bond donors (Lipinski definition) is 1. The van der Waals surface area contributed by atoms with E-state index in [-0.39, 0.29) is 6.10 Å². The van der Waals surface area contributed by atoms with Crippen molar-refractivity contribution in [2.75, 3.05) is 11.9 Å². The van der Waals surface area contributed by atoms with Crippen LogP contribution >= 0.6 is 0 Å². The lowest BCUT2D eigenvalue weighted by Crippen LogP contribution is -2.25. The van der Waals surface area contributed by atoms with Gasteiger partial charge in [0.05, 0.1) is 6.54 Å². The molecule has 2 heteroatoms. The number of para-hydroxylation sites is 1. The van der Waals surface area contributed by atoms with E-state index >= 15 is 0 Å². The van der Waals surface area contributed by atoms with Crippen molar-refractivity contribution in [3.63, 3.8) is 0 Å². The van der Waals surface area contributed by atoms with Gasteiger partial charge in [0.1, 0.15) is 11.9 Å². The van der Waals surface area contributed by atoms with Crippen LogP contribution in [0.4, 0.5) is 5.69 Å². The zero-order chi connectivity index (χ0) is 15.2. The fourth-order valence-corrected chi connectivity index (χ4v) is 2.39. The van der Waals surface area contributed by atoms with Gasteiger partial charge in [0, 0.05) is 5.69 Å². The van der Waals surface area contributed by atoms with E-state index in [1.807, 2.05) is 12.1 Å². The first-order chi connectivity index (χ1) is 10.1. The number of nitrogens with one attached hydrogen (secondary N) is 1. The third kappa shape index (κ3) is 4.25. The van der Waals surface area contributed by atoms with Gasteiger partial charge in [0.2, 0.25) is 0 Å². The van der Waals surface area contributed by atoms with Gasteiger partial charge in [-0.2, -0.15) is 0 Å². The van der Waals surface area contributed by atoms with Crippen LogP contribution < -0.4 is 10.1 Å². The van der Waals surface area contributed by atoms with Crippen LogP contribution in [0.15, 0.2) is 42.5 Å². The maximum absolute atomic E-state index is 6.06. The van der Waals surface area contributed by atoms with Gasteiger partial charge < -0.3 is 10.1 Å². The van der Waals surface area contributed by atoms with E-state index in [2.05, 4.69) is 63.3 Å². The highest BCUT2D eigenvalue weighted by molar-refractivity contribution is 5.56. The van der Waals surface area contributed by atoms with Crippen molar-refractivity contribution in [1.29, 1.82) is 0 Å². The molecule has 0 aliphatic carbocycles. The lowest BCUT2D eigenvalue weighted by Gasteiger charge is -2.20. The third-order valence-electron chi connectivity index (χ3n) is 3.77. The summed E-state index contributed by atoms with van der Waals surface area (Å²) >= 11 is 0. The second-order valence-electron chi connectivity index (χ2n) is 5.61. The summed E-state index contributed by atoms with van der Waals surface area (Å²) in [5, 5.41) is 3.54. The van der Waals surface area contributed by atoms with Gasteiger partial charge >= 0.3 is 0 Å². The van der Waals surface area contributed by atoms with Gasteiger partial charge in [-0.3, -0.25) is 0 Å². The molecule has 0 saturated heterocycles. The predicted octanol–water partition coefficient (Wildman–Crippen LogP) is 4.88. The summed E-state index contributed by atoms with van der Waals surface area (Å²) in [4.78, 5) is 0. The Balaban J connectivity index is 1.98. The quantitative estimate of drug-likeness (QED) is 0.815. The molecule has 0 bridgehead atoms. The number of hydrogen-bond acceptors (Lipinski definition) is 2. The summed E-state index contributed by atoms with van der Waals surface area (Å²) in [6, 6.07) is 14.6. The standard InChI is InChI=1S/C19H25NO/c1-5-17(21-18-11-9-14(2)10-12-18)13-20-19-15(3)7-6-8-16(19)4/h6-12,17,20H,5,13H2,1-4H3. The Hall–Kier alpha value is -1.96. The number of ether oxygens (including phenoxy) is 1. The van der Waals surface area contributed by atoms with Crippen LogP contribution in [0.5, 0.6) is 5.75 Å². The first-order valence-corrected chi connectivity index (χ1v) is 7.63. The molecule has 0 spiro atoms. The fraction of sp³-hybridized carbons (Fsp3) is 0.368. The Morgan fingerprint density at radius 1 is 0.952 bits per heavy atom. The molecule has 21 heavy (non-hydrogen) atoms. The Morgan fingerprint density at radius 2 is 1.57 bits per heavy atom. The molecule has 0 aliphatic rings. The van der Waals surface area contributed by atoms with Crippen LogP contribution in [0.2, 0.25) is 0 Å².